The van der Waals surface area contributed by atoms with Crippen molar-refractivity contribution in [2.45, 2.75) is 45.2 Å². The van der Waals surface area contributed by atoms with Crippen molar-refractivity contribution in [3.63, 3.8) is 0 Å². The first-order chi connectivity index (χ1) is 6.24. The third kappa shape index (κ3) is 6.99. The topological polar surface area (TPSA) is 47.3 Å². The molecule has 0 aromatic carbocycles. The van der Waals surface area contributed by atoms with Gasteiger partial charge in [-0.2, -0.15) is 0 Å². The Bertz CT molecular complexity index is 109. The van der Waals surface area contributed by atoms with E-state index in [0.29, 0.717) is 12.1 Å². The SMILES string of the molecule is CCC(C)NC(CCCN)COC. The van der Waals surface area contributed by atoms with E-state index < -0.39 is 0 Å². The maximum Gasteiger partial charge on any atom is 0.0615 e. The summed E-state index contributed by atoms with van der Waals surface area (Å²) in [6.45, 7) is 5.93. The summed E-state index contributed by atoms with van der Waals surface area (Å²) in [6, 6.07) is 1.03. The molecule has 0 radical (unpaired) electrons. The zero-order valence-electron chi connectivity index (χ0n) is 9.18. The molecule has 0 amide bonds. The molecule has 0 aliphatic carbocycles. The van der Waals surface area contributed by atoms with Gasteiger partial charge < -0.3 is 15.8 Å². The number of nitrogens with two attached hydrogens (primary N) is 1. The fraction of sp³-hybridized carbons (Fsp3) is 1.00. The molecule has 3 nitrogen and oxygen atoms in total. The maximum absolute atomic E-state index is 5.47. The molecule has 0 saturated carbocycles. The van der Waals surface area contributed by atoms with E-state index in [-0.39, 0.29) is 0 Å². The van der Waals surface area contributed by atoms with Crippen molar-refractivity contribution in [2.24, 2.45) is 5.73 Å². The number of rotatable bonds is 8. The Balaban J connectivity index is 3.65. The summed E-state index contributed by atoms with van der Waals surface area (Å²) in [4.78, 5) is 0. The van der Waals surface area contributed by atoms with Gasteiger partial charge in [0.1, 0.15) is 0 Å². The summed E-state index contributed by atoms with van der Waals surface area (Å²) in [5.41, 5.74) is 5.47. The lowest BCUT2D eigenvalue weighted by Crippen LogP contribution is -2.39. The second-order valence-corrected chi connectivity index (χ2v) is 3.56. The predicted octanol–water partition coefficient (Wildman–Crippen LogP) is 1.13. The van der Waals surface area contributed by atoms with Crippen LogP contribution in [0.15, 0.2) is 0 Å². The van der Waals surface area contributed by atoms with Crippen LogP contribution in [0.2, 0.25) is 0 Å². The third-order valence-corrected chi connectivity index (χ3v) is 2.26. The molecular formula is C10H24N2O. The van der Waals surface area contributed by atoms with Crippen molar-refractivity contribution >= 4 is 0 Å². The van der Waals surface area contributed by atoms with Gasteiger partial charge >= 0.3 is 0 Å². The molecule has 0 spiro atoms. The smallest absolute Gasteiger partial charge is 0.0615 e. The maximum atomic E-state index is 5.47. The van der Waals surface area contributed by atoms with Gasteiger partial charge in [-0.1, -0.05) is 6.92 Å². The molecule has 80 valence electrons. The highest BCUT2D eigenvalue weighted by atomic mass is 16.5. The Hall–Kier alpha value is -0.120. The number of methoxy groups -OCH3 is 1. The number of hydrogen-bond donors (Lipinski definition) is 2. The van der Waals surface area contributed by atoms with E-state index in [4.69, 9.17) is 10.5 Å². The fourth-order valence-corrected chi connectivity index (χ4v) is 1.30. The Morgan fingerprint density at radius 2 is 2.15 bits per heavy atom. The lowest BCUT2D eigenvalue weighted by Gasteiger charge is -2.21. The summed E-state index contributed by atoms with van der Waals surface area (Å²) in [5.74, 6) is 0. The van der Waals surface area contributed by atoms with Gasteiger partial charge in [0, 0.05) is 19.2 Å². The van der Waals surface area contributed by atoms with Crippen LogP contribution < -0.4 is 11.1 Å². The quantitative estimate of drug-likeness (QED) is 0.600. The minimum Gasteiger partial charge on any atom is -0.383 e. The van der Waals surface area contributed by atoms with Gasteiger partial charge in [-0.25, -0.2) is 0 Å². The molecule has 13 heavy (non-hydrogen) atoms. The summed E-state index contributed by atoms with van der Waals surface area (Å²) in [5, 5.41) is 3.52. The van der Waals surface area contributed by atoms with Crippen LogP contribution >= 0.6 is 0 Å². The molecule has 3 heteroatoms. The van der Waals surface area contributed by atoms with E-state index in [9.17, 15) is 0 Å². The van der Waals surface area contributed by atoms with Crippen molar-refractivity contribution in [3.05, 3.63) is 0 Å². The zero-order valence-corrected chi connectivity index (χ0v) is 9.18. The largest absolute Gasteiger partial charge is 0.383 e. The highest BCUT2D eigenvalue weighted by Gasteiger charge is 2.09. The van der Waals surface area contributed by atoms with Crippen molar-refractivity contribution in [1.82, 2.24) is 5.32 Å². The molecule has 0 aliphatic heterocycles. The van der Waals surface area contributed by atoms with E-state index in [1.807, 2.05) is 0 Å². The van der Waals surface area contributed by atoms with Crippen LogP contribution in [0.5, 0.6) is 0 Å². The van der Waals surface area contributed by atoms with Crippen LogP contribution in [0.1, 0.15) is 33.1 Å². The Morgan fingerprint density at radius 1 is 1.46 bits per heavy atom. The average molecular weight is 188 g/mol. The lowest BCUT2D eigenvalue weighted by molar-refractivity contribution is 0.156. The van der Waals surface area contributed by atoms with Gasteiger partial charge in [-0.15, -0.1) is 0 Å². The summed E-state index contributed by atoms with van der Waals surface area (Å²) in [7, 11) is 1.74. The molecule has 0 aromatic rings. The standard InChI is InChI=1S/C10H24N2O/c1-4-9(2)12-10(8-13-3)6-5-7-11/h9-10,12H,4-8,11H2,1-3H3. The summed E-state index contributed by atoms with van der Waals surface area (Å²) >= 11 is 0. The molecule has 0 fully saturated rings. The molecule has 0 heterocycles. The first-order valence-corrected chi connectivity index (χ1v) is 5.19. The number of hydrogen-bond acceptors (Lipinski definition) is 3. The molecule has 0 saturated heterocycles. The normalized spacial score (nSPS) is 15.7. The van der Waals surface area contributed by atoms with E-state index in [2.05, 4.69) is 19.2 Å². The fourth-order valence-electron chi connectivity index (χ4n) is 1.30. The van der Waals surface area contributed by atoms with Gasteiger partial charge in [-0.05, 0) is 32.7 Å². The van der Waals surface area contributed by atoms with Crippen molar-refractivity contribution in [1.29, 1.82) is 0 Å². The Labute approximate surface area is 82.0 Å². The molecule has 3 N–H and O–H groups in total. The third-order valence-electron chi connectivity index (χ3n) is 2.26. The molecule has 2 atom stereocenters. The van der Waals surface area contributed by atoms with Crippen molar-refractivity contribution in [2.75, 3.05) is 20.3 Å². The number of nitrogens with one attached hydrogen (secondary N) is 1. The minimum absolute atomic E-state index is 0.462. The molecule has 0 aliphatic rings. The van der Waals surface area contributed by atoms with Gasteiger partial charge in [0.15, 0.2) is 0 Å². The second kappa shape index (κ2) is 8.48. The number of ether oxygens (including phenoxy) is 1. The first-order valence-electron chi connectivity index (χ1n) is 5.19. The zero-order chi connectivity index (χ0) is 10.1. The Morgan fingerprint density at radius 3 is 2.62 bits per heavy atom. The summed E-state index contributed by atoms with van der Waals surface area (Å²) < 4.78 is 5.14. The monoisotopic (exact) mass is 188 g/mol. The molecule has 2 unspecified atom stereocenters. The lowest BCUT2D eigenvalue weighted by atomic mass is 10.1. The summed E-state index contributed by atoms with van der Waals surface area (Å²) in [6.07, 6.45) is 3.33. The van der Waals surface area contributed by atoms with Crippen LogP contribution in [0.25, 0.3) is 0 Å². The van der Waals surface area contributed by atoms with E-state index in [1.165, 1.54) is 0 Å². The van der Waals surface area contributed by atoms with Crippen molar-refractivity contribution in [3.8, 4) is 0 Å². The highest BCUT2D eigenvalue weighted by molar-refractivity contribution is 4.70. The molecule has 0 bridgehead atoms. The van der Waals surface area contributed by atoms with E-state index in [1.54, 1.807) is 7.11 Å². The molecular weight excluding hydrogens is 164 g/mol. The van der Waals surface area contributed by atoms with Crippen LogP contribution in [0.4, 0.5) is 0 Å². The van der Waals surface area contributed by atoms with Crippen LogP contribution in [0, 0.1) is 0 Å². The van der Waals surface area contributed by atoms with Gasteiger partial charge in [-0.3, -0.25) is 0 Å². The van der Waals surface area contributed by atoms with E-state index in [0.717, 1.165) is 32.4 Å². The van der Waals surface area contributed by atoms with Gasteiger partial charge in [0.05, 0.1) is 6.61 Å². The molecule has 0 aromatic heterocycles. The second-order valence-electron chi connectivity index (χ2n) is 3.56. The van der Waals surface area contributed by atoms with Crippen LogP contribution in [-0.4, -0.2) is 32.3 Å². The van der Waals surface area contributed by atoms with Gasteiger partial charge in [0.25, 0.3) is 0 Å². The van der Waals surface area contributed by atoms with E-state index >= 15 is 0 Å². The van der Waals surface area contributed by atoms with Crippen LogP contribution in [-0.2, 0) is 4.74 Å². The van der Waals surface area contributed by atoms with Crippen LogP contribution in [0.3, 0.4) is 0 Å². The average Bonchev–Trinajstić information content (AvgIpc) is 2.14. The first kappa shape index (κ1) is 12.9. The Kier molecular flexibility index (Phi) is 8.40. The van der Waals surface area contributed by atoms with Gasteiger partial charge in [0.2, 0.25) is 0 Å². The highest BCUT2D eigenvalue weighted by Crippen LogP contribution is 2.00. The molecule has 0 rings (SSSR count). The van der Waals surface area contributed by atoms with Crippen molar-refractivity contribution < 1.29 is 4.74 Å². The minimum atomic E-state index is 0.462. The predicted molar refractivity (Wildman–Crippen MR) is 56.8 cm³/mol.